The molecule has 10 aromatic carbocycles. The quantitative estimate of drug-likeness (QED) is 0.0173. The number of rotatable bonds is 37. The molecule has 0 fully saturated rings. The van der Waals surface area contributed by atoms with Crippen LogP contribution in [0.1, 0.15) is 132 Å². The summed E-state index contributed by atoms with van der Waals surface area (Å²) in [6.45, 7) is 10.9. The van der Waals surface area contributed by atoms with Crippen LogP contribution in [0.2, 0.25) is 0 Å². The molecule has 0 aliphatic heterocycles. The van der Waals surface area contributed by atoms with Gasteiger partial charge in [-0.05, 0) is 272 Å². The van der Waals surface area contributed by atoms with E-state index in [4.69, 9.17) is 86.4 Å². The lowest BCUT2D eigenvalue weighted by atomic mass is 9.68. The smallest absolute Gasteiger partial charge is 0.293 e. The van der Waals surface area contributed by atoms with E-state index in [0.717, 1.165) is 119 Å². The number of aliphatic hydroxyl groups excluding tert-OH is 5. The zero-order valence-electron chi connectivity index (χ0n) is 70.5. The molecule has 8 unspecified atom stereocenters. The highest BCUT2D eigenvalue weighted by Gasteiger charge is 2.39. The topological polar surface area (TPSA) is 268 Å². The molecule has 11 aromatic rings. The molecule has 100 heavy (non-hydrogen) atoms. The first-order chi connectivity index (χ1) is 55.4. The van der Waals surface area contributed by atoms with E-state index in [1.807, 2.05) is 12.1 Å². The molecule has 13 N–H and O–H groups in total. The van der Waals surface area contributed by atoms with Crippen LogP contribution in [0.3, 0.4) is 0 Å². The predicted molar refractivity (Wildman–Crippen MR) is 391 cm³/mol. The lowest BCUT2D eigenvalue weighted by Crippen LogP contribution is -2.32. The van der Waals surface area contributed by atoms with Crippen LogP contribution >= 0.6 is 0 Å². The first-order valence-electron chi connectivity index (χ1n) is 40.3. The van der Waals surface area contributed by atoms with E-state index in [1.54, 1.807) is 48.5 Å². The van der Waals surface area contributed by atoms with Gasteiger partial charge in [0.05, 0.1) is 33.0 Å². The van der Waals surface area contributed by atoms with Gasteiger partial charge in [-0.2, -0.15) is 0 Å². The molecule has 13 rings (SSSR count). The van der Waals surface area contributed by atoms with Crippen molar-refractivity contribution < 1.29 is 67.8 Å². The second-order valence-corrected chi connectivity index (χ2v) is 28.3. The molecule has 0 amide bonds. The highest BCUT2D eigenvalue weighted by atomic mass is 16.3. The third kappa shape index (κ3) is 15.2. The second kappa shape index (κ2) is 30.0. The summed E-state index contributed by atoms with van der Waals surface area (Å²) in [5.74, 6) is 2.09. The zero-order chi connectivity index (χ0) is 80.7. The Hall–Kier alpha value is -9.80. The second-order valence-electron chi connectivity index (χ2n) is 28.3. The fourth-order valence-corrected chi connectivity index (χ4v) is 16.7. The molecule has 0 spiro atoms. The molecule has 0 radical (unpaired) electrons. The highest BCUT2D eigenvalue weighted by Crippen LogP contribution is 2.54. The SMILES string of the molecule is [2H]Cc1ccc2c(c1)-c1cc(CO[2H])ccc1C2CC(C(C)CC1c2ccc(CO[2H])cc2-c2cc(CO[2H])ccc21)C(C)Cn1c2ccc(CO[2H])cc2c2cc(CO[2H])ccc21.[2H]Oc1cc(CC(C)C(Cc2cc(O[2H])cc(O[2H])c2)C(Cc2cc(O[2H])cc(O[2H])c2)C(C)Cc2cc(O[2H])cc(O[2H])c2)cc(O[2H])c1. The molecule has 0 saturated heterocycles. The van der Waals surface area contributed by atoms with Gasteiger partial charge in [-0.15, -0.1) is 0 Å². The number of aryl methyl sites for hydroxylation is 1. The van der Waals surface area contributed by atoms with Gasteiger partial charge in [0.2, 0.25) is 7.16 Å². The molecule has 14 nitrogen and oxygen atoms in total. The van der Waals surface area contributed by atoms with Crippen LogP contribution in [0.5, 0.6) is 46.0 Å². The van der Waals surface area contributed by atoms with E-state index in [2.05, 4.69) is 129 Å². The predicted octanol–water partition coefficient (Wildman–Crippen LogP) is 16.0. The van der Waals surface area contributed by atoms with Gasteiger partial charge >= 0.3 is 0 Å². The first-order valence-corrected chi connectivity index (χ1v) is 34.3. The van der Waals surface area contributed by atoms with E-state index in [-0.39, 0.29) is 139 Å². The molecule has 518 valence electrons. The average molecular weight is 1360 g/mol. The largest absolute Gasteiger partial charge is 0.508 e. The minimum atomic E-state index is -0.158. The third-order valence-corrected chi connectivity index (χ3v) is 21.3. The van der Waals surface area contributed by atoms with Gasteiger partial charge in [0.25, 0.3) is 11.4 Å². The van der Waals surface area contributed by atoms with Crippen molar-refractivity contribution >= 4 is 21.8 Å². The molecule has 1 aromatic heterocycles. The van der Waals surface area contributed by atoms with Crippen LogP contribution in [0.15, 0.2) is 182 Å². The van der Waals surface area contributed by atoms with Crippen molar-refractivity contribution in [3.05, 3.63) is 260 Å². The van der Waals surface area contributed by atoms with Crippen molar-refractivity contribution in [2.75, 3.05) is 0 Å². The Labute approximate surface area is 604 Å². The van der Waals surface area contributed by atoms with Gasteiger partial charge in [-0.25, -0.2) is 0 Å². The number of phenols is 8. The lowest BCUT2D eigenvalue weighted by molar-refractivity contribution is 0.172. The van der Waals surface area contributed by atoms with Crippen LogP contribution in [0.25, 0.3) is 44.1 Å². The molecule has 14 heteroatoms. The van der Waals surface area contributed by atoms with Crippen molar-refractivity contribution in [1.82, 2.24) is 4.57 Å². The van der Waals surface area contributed by atoms with Gasteiger partial charge in [0, 0.05) is 65.8 Å². The van der Waals surface area contributed by atoms with Crippen LogP contribution < -0.4 is 0 Å². The van der Waals surface area contributed by atoms with Crippen LogP contribution in [0, 0.1) is 48.3 Å². The number of aromatic nitrogens is 1. The summed E-state index contributed by atoms with van der Waals surface area (Å²) in [7, 11) is 0. The van der Waals surface area contributed by atoms with E-state index < -0.39 is 0 Å². The minimum Gasteiger partial charge on any atom is -0.508 e. The molecule has 0 saturated carbocycles. The number of aromatic hydroxyl groups is 8. The first kappa shape index (κ1) is 54.1. The van der Waals surface area contributed by atoms with Crippen molar-refractivity contribution in [2.45, 2.75) is 125 Å². The maximum absolute atomic E-state index is 8.22. The Balaban J connectivity index is 0.000000218. The molecule has 2 aliphatic rings. The molecule has 8 atom stereocenters. The van der Waals surface area contributed by atoms with Crippen LogP contribution in [-0.4, -0.2) is 89.6 Å². The van der Waals surface area contributed by atoms with Crippen molar-refractivity contribution in [3.63, 3.8) is 0 Å². The summed E-state index contributed by atoms with van der Waals surface area (Å²) in [5, 5.41) is 64.2. The highest BCUT2D eigenvalue weighted by molar-refractivity contribution is 6.08. The molecule has 1 heterocycles. The number of aliphatic hydroxyl groups is 5. The fourth-order valence-electron chi connectivity index (χ4n) is 16.7. The maximum Gasteiger partial charge on any atom is 0.293 e. The van der Waals surface area contributed by atoms with Gasteiger partial charge in [0.1, 0.15) is 46.0 Å². The number of benzene rings is 10. The molecular formula is C86H91NO13. The summed E-state index contributed by atoms with van der Waals surface area (Å²) in [6.07, 6.45) is 3.64. The number of nitrogens with zero attached hydrogens (tertiary/aromatic N) is 1. The third-order valence-electron chi connectivity index (χ3n) is 21.3. The Kier molecular flexibility index (Phi) is 16.2. The van der Waals surface area contributed by atoms with E-state index in [0.29, 0.717) is 25.7 Å². The Morgan fingerprint density at radius 2 is 0.650 bits per heavy atom. The molecular weight excluding hydrogens is 1250 g/mol. The summed E-state index contributed by atoms with van der Waals surface area (Å²) in [4.78, 5) is 0. The summed E-state index contributed by atoms with van der Waals surface area (Å²) in [6, 6.07) is 58.0. The van der Waals surface area contributed by atoms with Gasteiger partial charge in [0.15, 0.2) is 0 Å². The van der Waals surface area contributed by atoms with E-state index in [1.165, 1.54) is 46.5 Å². The monoisotopic (exact) mass is 1360 g/mol. The van der Waals surface area contributed by atoms with Crippen LogP contribution in [0.4, 0.5) is 0 Å². The molecule has 2 aliphatic carbocycles. The average Bonchev–Trinajstić information content (AvgIpc) is 1.60. The number of hydrogen-bond donors (Lipinski definition) is 13. The summed E-state index contributed by atoms with van der Waals surface area (Å²) >= 11 is 0. The fraction of sp³-hybridized carbons (Fsp3) is 0.302. The Morgan fingerprint density at radius 1 is 0.320 bits per heavy atom. The standard InChI is InChI=1S/C52H53NO5.C34H38O8/c1-30-4-10-38-43(16-30)45-18-33(25-54)7-13-41(45)48(38)23-42(31(2)17-44-39-11-5-34(26-55)19-46(39)47-20-35(27-56)6-12-40(44)47)32(3)24-53-51-14-8-36(28-57)21-49(51)50-22-37(29-58)9-15-52(50)53;1-19(3-21-5-25(35)15-26(36)6-21)33(13-23-9-29(39)17-30(40)10-23)34(14-24-11-31(41)18-32(42)12-24)20(2)4-22-7-27(37)16-28(38)8-22/h4-16,18-22,31-32,42,44,48,54-58H,17,23-29H2,1-3H3;5-12,15-20,33-42H,3-4,13-14H2,1-2H3/i1D,54D,55D,56D,57D,58D;/hD8. The maximum atomic E-state index is 8.22. The number of hydrogen-bond acceptors (Lipinski definition) is 13. The zero-order valence-corrected chi connectivity index (χ0v) is 56.5. The molecule has 0 bridgehead atoms. The van der Waals surface area contributed by atoms with E-state index >= 15 is 0 Å². The van der Waals surface area contributed by atoms with E-state index in [9.17, 15) is 0 Å². The van der Waals surface area contributed by atoms with Crippen LogP contribution in [-0.2, 0) is 65.3 Å². The van der Waals surface area contributed by atoms with Crippen molar-refractivity contribution in [3.8, 4) is 68.2 Å². The van der Waals surface area contributed by atoms with Crippen molar-refractivity contribution in [2.24, 2.45) is 41.4 Å². The van der Waals surface area contributed by atoms with Gasteiger partial charge in [-0.1, -0.05) is 100.0 Å². The lowest BCUT2D eigenvalue weighted by Gasteiger charge is -2.37. The minimum absolute atomic E-state index is 0.0967. The Morgan fingerprint density at radius 3 is 1.01 bits per heavy atom. The van der Waals surface area contributed by atoms with Crippen molar-refractivity contribution in [1.29, 1.82) is 18.6 Å². The normalized spacial score (nSPS) is 16.9. The number of phenolic OH excluding ortho intramolecular Hbond substituents is 8. The number of fused-ring (bicyclic) bond motifs is 9. The van der Waals surface area contributed by atoms with Gasteiger partial charge < -0.3 is 71.0 Å². The summed E-state index contributed by atoms with van der Waals surface area (Å²) in [5.41, 5.74) is 20.6. The summed E-state index contributed by atoms with van der Waals surface area (Å²) < 4.78 is 108. The van der Waals surface area contributed by atoms with Gasteiger partial charge in [-0.3, -0.25) is 0 Å². The Bertz CT molecular complexity index is 4790.